The number of halogens is 4. The highest BCUT2D eigenvalue weighted by atomic mass is 127. The maximum atomic E-state index is 14.4. The Morgan fingerprint density at radius 3 is 2.67 bits per heavy atom. The van der Waals surface area contributed by atoms with Crippen LogP contribution in [0.15, 0.2) is 30.3 Å². The Kier molecular flexibility index (Phi) is 6.19. The number of anilines is 2. The number of aliphatic hydroxyl groups is 1. The van der Waals surface area contributed by atoms with Gasteiger partial charge >= 0.3 is 0 Å². The largest absolute Gasteiger partial charge is 0.387 e. The van der Waals surface area contributed by atoms with Gasteiger partial charge in [0.15, 0.2) is 11.6 Å². The number of benzene rings is 2. The molecule has 2 aromatic rings. The summed E-state index contributed by atoms with van der Waals surface area (Å²) >= 11 is 8.19. The number of hydrogen-bond acceptors (Lipinski definition) is 4. The highest BCUT2D eigenvalue weighted by Crippen LogP contribution is 2.32. The molecule has 0 unspecified atom stereocenters. The van der Waals surface area contributed by atoms with Crippen molar-refractivity contribution in [3.63, 3.8) is 0 Å². The van der Waals surface area contributed by atoms with Gasteiger partial charge in [0.2, 0.25) is 0 Å². The maximum Gasteiger partial charge on any atom is 0.277 e. The third-order valence-electron chi connectivity index (χ3n) is 4.32. The number of carbonyl (C=O) groups is 1. The molecule has 0 atom stereocenters. The van der Waals surface area contributed by atoms with Gasteiger partial charge in [0.25, 0.3) is 5.91 Å². The first kappa shape index (κ1) is 20.2. The fraction of sp³-hybridized carbons (Fsp3) is 0.278. The fourth-order valence-electron chi connectivity index (χ4n) is 2.61. The van der Waals surface area contributed by atoms with Gasteiger partial charge in [-0.05, 0) is 72.2 Å². The summed E-state index contributed by atoms with van der Waals surface area (Å²) in [5.74, 6) is -3.10. The molecular weight excluding hydrogens is 493 g/mol. The summed E-state index contributed by atoms with van der Waals surface area (Å²) in [6.45, 7) is -0.0753. The van der Waals surface area contributed by atoms with E-state index in [1.165, 1.54) is 0 Å². The van der Waals surface area contributed by atoms with Crippen LogP contribution in [0.2, 0.25) is 5.02 Å². The van der Waals surface area contributed by atoms with Crippen LogP contribution >= 0.6 is 34.2 Å². The summed E-state index contributed by atoms with van der Waals surface area (Å²) in [5.41, 5.74) is 1.01. The highest BCUT2D eigenvalue weighted by molar-refractivity contribution is 14.1. The van der Waals surface area contributed by atoms with Crippen LogP contribution in [0.3, 0.4) is 0 Å². The molecule has 144 valence electrons. The van der Waals surface area contributed by atoms with Gasteiger partial charge in [-0.3, -0.25) is 9.63 Å². The Balaban J connectivity index is 1.80. The molecule has 3 rings (SSSR count). The summed E-state index contributed by atoms with van der Waals surface area (Å²) < 4.78 is 28.9. The van der Waals surface area contributed by atoms with Crippen molar-refractivity contribution in [1.82, 2.24) is 5.48 Å². The van der Waals surface area contributed by atoms with Crippen LogP contribution < -0.4 is 10.8 Å². The summed E-state index contributed by atoms with van der Waals surface area (Å²) in [6.07, 6.45) is 2.07. The molecule has 0 spiro atoms. The average Bonchev–Trinajstić information content (AvgIpc) is 2.59. The second-order valence-electron chi connectivity index (χ2n) is 6.33. The van der Waals surface area contributed by atoms with Crippen LogP contribution in [0.25, 0.3) is 0 Å². The first-order chi connectivity index (χ1) is 12.8. The van der Waals surface area contributed by atoms with E-state index in [1.807, 2.05) is 0 Å². The van der Waals surface area contributed by atoms with E-state index in [9.17, 15) is 18.7 Å². The Hall–Kier alpha value is -1.49. The topological polar surface area (TPSA) is 70.6 Å². The zero-order valence-corrected chi connectivity index (χ0v) is 16.9. The van der Waals surface area contributed by atoms with Crippen LogP contribution in [0.1, 0.15) is 29.6 Å². The first-order valence-corrected chi connectivity index (χ1v) is 9.59. The van der Waals surface area contributed by atoms with E-state index in [-0.39, 0.29) is 17.9 Å². The van der Waals surface area contributed by atoms with Crippen LogP contribution in [-0.4, -0.2) is 23.2 Å². The molecule has 3 N–H and O–H groups in total. The van der Waals surface area contributed by atoms with Crippen molar-refractivity contribution in [3.05, 3.63) is 56.1 Å². The van der Waals surface area contributed by atoms with E-state index in [1.54, 1.807) is 18.2 Å². The molecule has 0 bridgehead atoms. The molecule has 5 nitrogen and oxygen atoms in total. The van der Waals surface area contributed by atoms with Gasteiger partial charge in [-0.25, -0.2) is 14.3 Å². The Morgan fingerprint density at radius 1 is 1.30 bits per heavy atom. The van der Waals surface area contributed by atoms with Gasteiger partial charge in [-0.15, -0.1) is 0 Å². The normalized spacial score (nSPS) is 15.1. The lowest BCUT2D eigenvalue weighted by Gasteiger charge is -2.35. The SMILES string of the molecule is O=C(NOCC1(O)CCC1)c1ccc(F)c(F)c1Nc1ccc(I)cc1Cl. The van der Waals surface area contributed by atoms with Crippen molar-refractivity contribution < 1.29 is 23.5 Å². The Labute approximate surface area is 173 Å². The van der Waals surface area contributed by atoms with Crippen LogP contribution in [0.5, 0.6) is 0 Å². The second-order valence-corrected chi connectivity index (χ2v) is 7.98. The first-order valence-electron chi connectivity index (χ1n) is 8.14. The molecule has 1 aliphatic rings. The smallest absolute Gasteiger partial charge is 0.277 e. The summed E-state index contributed by atoms with van der Waals surface area (Å²) in [5, 5.41) is 12.9. The summed E-state index contributed by atoms with van der Waals surface area (Å²) in [7, 11) is 0. The van der Waals surface area contributed by atoms with E-state index in [2.05, 4.69) is 33.4 Å². The lowest BCUT2D eigenvalue weighted by Crippen LogP contribution is -2.44. The molecule has 27 heavy (non-hydrogen) atoms. The molecule has 1 aliphatic carbocycles. The number of amides is 1. The molecule has 1 saturated carbocycles. The van der Waals surface area contributed by atoms with E-state index >= 15 is 0 Å². The van der Waals surface area contributed by atoms with Gasteiger partial charge in [0.1, 0.15) is 6.61 Å². The van der Waals surface area contributed by atoms with Crippen LogP contribution in [-0.2, 0) is 4.84 Å². The molecule has 0 heterocycles. The van der Waals surface area contributed by atoms with Crippen molar-refractivity contribution in [2.45, 2.75) is 24.9 Å². The lowest BCUT2D eigenvalue weighted by molar-refractivity contribution is -0.113. The molecule has 0 aliphatic heterocycles. The van der Waals surface area contributed by atoms with Gasteiger partial charge in [0, 0.05) is 3.57 Å². The van der Waals surface area contributed by atoms with Gasteiger partial charge < -0.3 is 10.4 Å². The van der Waals surface area contributed by atoms with E-state index < -0.39 is 23.1 Å². The number of carbonyl (C=O) groups excluding carboxylic acids is 1. The molecule has 1 fully saturated rings. The summed E-state index contributed by atoms with van der Waals surface area (Å²) in [6, 6.07) is 6.96. The zero-order valence-electron chi connectivity index (χ0n) is 14.0. The van der Waals surface area contributed by atoms with Crippen molar-refractivity contribution in [3.8, 4) is 0 Å². The predicted octanol–water partition coefficient (Wildman–Crippen LogP) is 4.54. The number of hydrogen-bond donors (Lipinski definition) is 3. The number of rotatable bonds is 6. The Morgan fingerprint density at radius 2 is 2.04 bits per heavy atom. The van der Waals surface area contributed by atoms with E-state index in [0.29, 0.717) is 23.6 Å². The third-order valence-corrected chi connectivity index (χ3v) is 5.30. The molecule has 0 radical (unpaired) electrons. The Bertz CT molecular complexity index is 878. The molecular formula is C18H16ClF2IN2O3. The lowest BCUT2D eigenvalue weighted by atomic mass is 9.81. The molecule has 0 saturated heterocycles. The quantitative estimate of drug-likeness (QED) is 0.396. The van der Waals surface area contributed by atoms with Crippen LogP contribution in [0.4, 0.5) is 20.2 Å². The number of hydroxylamine groups is 1. The molecule has 0 aromatic heterocycles. The van der Waals surface area contributed by atoms with Crippen molar-refractivity contribution in [1.29, 1.82) is 0 Å². The highest BCUT2D eigenvalue weighted by Gasteiger charge is 2.35. The van der Waals surface area contributed by atoms with Crippen LogP contribution in [0, 0.1) is 15.2 Å². The van der Waals surface area contributed by atoms with E-state index in [4.69, 9.17) is 16.4 Å². The van der Waals surface area contributed by atoms with E-state index in [0.717, 1.165) is 22.1 Å². The minimum absolute atomic E-state index is 0.0753. The predicted molar refractivity (Wildman–Crippen MR) is 106 cm³/mol. The van der Waals surface area contributed by atoms with Gasteiger partial charge in [0.05, 0.1) is 27.6 Å². The molecule has 1 amide bonds. The maximum absolute atomic E-state index is 14.4. The zero-order chi connectivity index (χ0) is 19.6. The number of nitrogens with one attached hydrogen (secondary N) is 2. The van der Waals surface area contributed by atoms with Crippen molar-refractivity contribution in [2.75, 3.05) is 11.9 Å². The monoisotopic (exact) mass is 508 g/mol. The van der Waals surface area contributed by atoms with Gasteiger partial charge in [-0.1, -0.05) is 11.6 Å². The molecule has 2 aromatic carbocycles. The minimum Gasteiger partial charge on any atom is -0.387 e. The average molecular weight is 509 g/mol. The van der Waals surface area contributed by atoms with Crippen molar-refractivity contribution in [2.24, 2.45) is 0 Å². The third kappa shape index (κ3) is 4.68. The van der Waals surface area contributed by atoms with Crippen molar-refractivity contribution >= 4 is 51.5 Å². The fourth-order valence-corrected chi connectivity index (χ4v) is 3.51. The minimum atomic E-state index is -1.21. The molecule has 9 heteroatoms. The standard InChI is InChI=1S/C18H16ClF2IN2O3/c19-12-8-10(22)2-5-14(12)23-16-11(3-4-13(20)15(16)21)17(25)24-27-9-18(26)6-1-7-18/h2-5,8,23,26H,1,6-7,9H2,(H,24,25). The second kappa shape index (κ2) is 8.26. The van der Waals surface area contributed by atoms with Gasteiger partial charge in [-0.2, -0.15) is 0 Å². The summed E-state index contributed by atoms with van der Waals surface area (Å²) in [4.78, 5) is 17.4.